The Bertz CT molecular complexity index is 1550. The summed E-state index contributed by atoms with van der Waals surface area (Å²) in [5.41, 5.74) is 2.26. The Hall–Kier alpha value is -4.73. The summed E-state index contributed by atoms with van der Waals surface area (Å²) in [4.78, 5) is 39.4. The number of carbonyl (C=O) groups excluding carboxylic acids is 3. The van der Waals surface area contributed by atoms with Crippen LogP contribution in [0.25, 0.3) is 6.08 Å². The number of hydrogen-bond donors (Lipinski definition) is 3. The number of halogens is 1. The first-order valence-corrected chi connectivity index (χ1v) is 14.1. The maximum absolute atomic E-state index is 13.2. The Balaban J connectivity index is 1.39. The fourth-order valence-electron chi connectivity index (χ4n) is 3.73. The van der Waals surface area contributed by atoms with E-state index in [1.54, 1.807) is 117 Å². The Morgan fingerprint density at radius 2 is 1.43 bits per heavy atom. The molecule has 0 fully saturated rings. The third kappa shape index (κ3) is 8.89. The van der Waals surface area contributed by atoms with Crippen LogP contribution in [0.5, 0.6) is 11.5 Å². The van der Waals surface area contributed by atoms with Crippen molar-refractivity contribution >= 4 is 58.5 Å². The van der Waals surface area contributed by atoms with Gasteiger partial charge in [0, 0.05) is 45.1 Å². The number of ether oxygens (including phenoxy) is 2. The monoisotopic (exact) mass is 601 g/mol. The molecule has 0 heterocycles. The minimum Gasteiger partial charge on any atom is -0.497 e. The third-order valence-electron chi connectivity index (χ3n) is 5.83. The number of methoxy groups -OCH3 is 2. The molecule has 4 rings (SSSR count). The van der Waals surface area contributed by atoms with E-state index in [0.717, 1.165) is 4.90 Å². The molecule has 4 aromatic carbocycles. The summed E-state index contributed by atoms with van der Waals surface area (Å²) in [6, 6.07) is 27.7. The van der Waals surface area contributed by atoms with Crippen LogP contribution in [0.4, 0.5) is 11.4 Å². The second-order valence-corrected chi connectivity index (χ2v) is 10.3. The first-order chi connectivity index (χ1) is 20.3. The van der Waals surface area contributed by atoms with Gasteiger partial charge in [-0.2, -0.15) is 0 Å². The quantitative estimate of drug-likeness (QED) is 0.134. The number of amides is 3. The fourth-order valence-corrected chi connectivity index (χ4v) is 4.55. The van der Waals surface area contributed by atoms with E-state index in [1.807, 2.05) is 0 Å². The van der Waals surface area contributed by atoms with Crippen LogP contribution in [0.3, 0.4) is 0 Å². The van der Waals surface area contributed by atoms with Crippen molar-refractivity contribution in [2.24, 2.45) is 0 Å². The Morgan fingerprint density at radius 1 is 0.786 bits per heavy atom. The molecule has 3 N–H and O–H groups in total. The van der Waals surface area contributed by atoms with Gasteiger partial charge in [0.2, 0.25) is 5.91 Å². The topological polar surface area (TPSA) is 106 Å². The number of carbonyl (C=O) groups is 3. The van der Waals surface area contributed by atoms with E-state index >= 15 is 0 Å². The summed E-state index contributed by atoms with van der Waals surface area (Å²) in [5, 5.41) is 8.92. The number of rotatable bonds is 11. The molecule has 3 amide bonds. The average molecular weight is 602 g/mol. The molecule has 0 aromatic heterocycles. The molecule has 10 heteroatoms. The van der Waals surface area contributed by atoms with Crippen LogP contribution in [-0.2, 0) is 9.59 Å². The van der Waals surface area contributed by atoms with Crippen molar-refractivity contribution in [2.75, 3.05) is 30.6 Å². The van der Waals surface area contributed by atoms with Gasteiger partial charge in [0.25, 0.3) is 11.8 Å². The molecule has 0 unspecified atom stereocenters. The van der Waals surface area contributed by atoms with Gasteiger partial charge in [0.1, 0.15) is 17.2 Å². The van der Waals surface area contributed by atoms with Crippen LogP contribution in [0.1, 0.15) is 15.9 Å². The van der Waals surface area contributed by atoms with Gasteiger partial charge in [-0.1, -0.05) is 41.9 Å². The van der Waals surface area contributed by atoms with Crippen LogP contribution in [0.15, 0.2) is 108 Å². The summed E-state index contributed by atoms with van der Waals surface area (Å²) in [5.74, 6) is 0.205. The molecule has 42 heavy (non-hydrogen) atoms. The molecule has 0 aliphatic heterocycles. The molecule has 0 aliphatic rings. The predicted molar refractivity (Wildman–Crippen MR) is 167 cm³/mol. The molecule has 0 radical (unpaired) electrons. The molecule has 0 atom stereocenters. The van der Waals surface area contributed by atoms with E-state index < -0.39 is 11.8 Å². The summed E-state index contributed by atoms with van der Waals surface area (Å²) >= 11 is 7.33. The molecule has 4 aromatic rings. The highest BCUT2D eigenvalue weighted by Crippen LogP contribution is 2.26. The first-order valence-electron chi connectivity index (χ1n) is 12.7. The molecule has 0 saturated heterocycles. The second-order valence-electron chi connectivity index (χ2n) is 8.85. The number of anilines is 2. The van der Waals surface area contributed by atoms with Gasteiger partial charge in [0.15, 0.2) is 0 Å². The number of nitrogens with one attached hydrogen (secondary N) is 3. The fraction of sp³-hybridized carbons (Fsp3) is 0.0938. The predicted octanol–water partition coefficient (Wildman–Crippen LogP) is 6.50. The zero-order valence-electron chi connectivity index (χ0n) is 22.8. The summed E-state index contributed by atoms with van der Waals surface area (Å²) < 4.78 is 10.5. The molecule has 8 nitrogen and oxygen atoms in total. The van der Waals surface area contributed by atoms with Crippen molar-refractivity contribution in [1.29, 1.82) is 0 Å². The first kappa shape index (κ1) is 30.2. The molecule has 214 valence electrons. The Kier molecular flexibility index (Phi) is 10.6. The average Bonchev–Trinajstić information content (AvgIpc) is 3.01. The zero-order chi connectivity index (χ0) is 29.9. The maximum Gasteiger partial charge on any atom is 0.272 e. The molecule has 0 saturated carbocycles. The lowest BCUT2D eigenvalue weighted by atomic mass is 10.1. The highest BCUT2D eigenvalue weighted by molar-refractivity contribution is 8.00. The van der Waals surface area contributed by atoms with E-state index in [0.29, 0.717) is 39.0 Å². The van der Waals surface area contributed by atoms with Crippen molar-refractivity contribution < 1.29 is 23.9 Å². The summed E-state index contributed by atoms with van der Waals surface area (Å²) in [7, 11) is 3.08. The maximum atomic E-state index is 13.2. The van der Waals surface area contributed by atoms with E-state index in [2.05, 4.69) is 16.0 Å². The zero-order valence-corrected chi connectivity index (χ0v) is 24.4. The smallest absolute Gasteiger partial charge is 0.272 e. The van der Waals surface area contributed by atoms with Gasteiger partial charge >= 0.3 is 0 Å². The standard InChI is InChI=1S/C32H28ClN3O5S/c1-40-26-17-25(18-27(19-26)41-2)34-30(37)20-42-28-14-12-24(13-15-28)35-32(39)29(16-21-8-10-23(33)11-9-21)36-31(38)22-6-4-3-5-7-22/h3-19H,20H2,1-2H3,(H,34,37)(H,35,39)(H,36,38)/b29-16-. The molecular weight excluding hydrogens is 574 g/mol. The van der Waals surface area contributed by atoms with Crippen LogP contribution >= 0.6 is 23.4 Å². The molecule has 0 bridgehead atoms. The van der Waals surface area contributed by atoms with Gasteiger partial charge in [-0.25, -0.2) is 0 Å². The van der Waals surface area contributed by atoms with Crippen molar-refractivity contribution in [2.45, 2.75) is 4.90 Å². The van der Waals surface area contributed by atoms with E-state index in [1.165, 1.54) is 11.8 Å². The van der Waals surface area contributed by atoms with Gasteiger partial charge in [-0.05, 0) is 60.2 Å². The summed E-state index contributed by atoms with van der Waals surface area (Å²) in [6.45, 7) is 0. The van der Waals surface area contributed by atoms with E-state index in [-0.39, 0.29) is 17.4 Å². The number of thioether (sulfide) groups is 1. The van der Waals surface area contributed by atoms with Crippen LogP contribution in [0.2, 0.25) is 5.02 Å². The van der Waals surface area contributed by atoms with Gasteiger partial charge in [-0.3, -0.25) is 14.4 Å². The van der Waals surface area contributed by atoms with Crippen molar-refractivity contribution in [3.05, 3.63) is 119 Å². The van der Waals surface area contributed by atoms with Crippen LogP contribution in [0, 0.1) is 0 Å². The highest BCUT2D eigenvalue weighted by Gasteiger charge is 2.15. The minimum absolute atomic E-state index is 0.0653. The lowest BCUT2D eigenvalue weighted by Gasteiger charge is -2.12. The second kappa shape index (κ2) is 14.8. The van der Waals surface area contributed by atoms with Gasteiger partial charge < -0.3 is 25.4 Å². The Labute approximate surface area is 253 Å². The SMILES string of the molecule is COc1cc(NC(=O)CSc2ccc(NC(=O)/C(=C/c3ccc(Cl)cc3)NC(=O)c3ccccc3)cc2)cc(OC)c1. The minimum atomic E-state index is -0.497. The molecule has 0 spiro atoms. The molecular formula is C32H28ClN3O5S. The molecule has 0 aliphatic carbocycles. The van der Waals surface area contributed by atoms with Crippen molar-refractivity contribution in [3.63, 3.8) is 0 Å². The normalized spacial score (nSPS) is 10.9. The van der Waals surface area contributed by atoms with Crippen molar-refractivity contribution in [1.82, 2.24) is 5.32 Å². The van der Waals surface area contributed by atoms with Gasteiger partial charge in [-0.15, -0.1) is 11.8 Å². The summed E-state index contributed by atoms with van der Waals surface area (Å²) in [6.07, 6.45) is 1.58. The Morgan fingerprint density at radius 3 is 2.05 bits per heavy atom. The van der Waals surface area contributed by atoms with E-state index in [4.69, 9.17) is 21.1 Å². The third-order valence-corrected chi connectivity index (χ3v) is 7.09. The van der Waals surface area contributed by atoms with Crippen LogP contribution < -0.4 is 25.4 Å². The highest BCUT2D eigenvalue weighted by atomic mass is 35.5. The number of benzene rings is 4. The van der Waals surface area contributed by atoms with Crippen molar-refractivity contribution in [3.8, 4) is 11.5 Å². The van der Waals surface area contributed by atoms with Crippen LogP contribution in [-0.4, -0.2) is 37.7 Å². The number of hydrogen-bond acceptors (Lipinski definition) is 6. The lowest BCUT2D eigenvalue weighted by Crippen LogP contribution is -2.30. The lowest BCUT2D eigenvalue weighted by molar-refractivity contribution is -0.114. The largest absolute Gasteiger partial charge is 0.497 e. The van der Waals surface area contributed by atoms with E-state index in [9.17, 15) is 14.4 Å². The van der Waals surface area contributed by atoms with Gasteiger partial charge in [0.05, 0.1) is 20.0 Å².